The standard InChI is InChI=1S/C18H31N5O2/c1-14(2)8-15(22-6-4-5-7-22)9-19-17(24)16-10-23(21-20-16)11-18(3)12-25-13-18/h10,14-15H,4-9,11-13H2,1-3H3,(H,19,24)/t15-/m1/s1. The fraction of sp³-hybridized carbons (Fsp3) is 0.833. The molecule has 0 saturated carbocycles. The maximum atomic E-state index is 12.4. The summed E-state index contributed by atoms with van der Waals surface area (Å²) in [5, 5.41) is 11.2. The molecule has 0 radical (unpaired) electrons. The highest BCUT2D eigenvalue weighted by molar-refractivity contribution is 5.91. The van der Waals surface area contributed by atoms with Crippen molar-refractivity contribution in [3.8, 4) is 0 Å². The molecule has 7 nitrogen and oxygen atoms in total. The molecule has 2 fully saturated rings. The monoisotopic (exact) mass is 349 g/mol. The molecular formula is C18H31N5O2. The van der Waals surface area contributed by atoms with Crippen molar-refractivity contribution in [3.05, 3.63) is 11.9 Å². The van der Waals surface area contributed by atoms with Gasteiger partial charge in [-0.05, 0) is 38.3 Å². The minimum absolute atomic E-state index is 0.111. The molecule has 2 aliphatic rings. The number of hydrogen-bond acceptors (Lipinski definition) is 5. The summed E-state index contributed by atoms with van der Waals surface area (Å²) in [7, 11) is 0. The first-order chi connectivity index (χ1) is 12.0. The van der Waals surface area contributed by atoms with Crippen LogP contribution in [0, 0.1) is 11.3 Å². The number of hydrogen-bond donors (Lipinski definition) is 1. The van der Waals surface area contributed by atoms with Crippen molar-refractivity contribution >= 4 is 5.91 Å². The number of rotatable bonds is 8. The largest absolute Gasteiger partial charge is 0.380 e. The lowest BCUT2D eigenvalue weighted by Crippen LogP contribution is -2.43. The Labute approximate surface area is 150 Å². The molecule has 1 N–H and O–H groups in total. The van der Waals surface area contributed by atoms with Crippen LogP contribution in [0.5, 0.6) is 0 Å². The van der Waals surface area contributed by atoms with Crippen molar-refractivity contribution in [2.75, 3.05) is 32.8 Å². The summed E-state index contributed by atoms with van der Waals surface area (Å²) in [4.78, 5) is 15.0. The normalized spacial score (nSPS) is 21.3. The Kier molecular flexibility index (Phi) is 5.74. The average Bonchev–Trinajstić information content (AvgIpc) is 3.20. The summed E-state index contributed by atoms with van der Waals surface area (Å²) >= 11 is 0. The number of aromatic nitrogens is 3. The van der Waals surface area contributed by atoms with Crippen LogP contribution in [0.25, 0.3) is 0 Å². The third-order valence-corrected chi connectivity index (χ3v) is 5.11. The number of nitrogens with zero attached hydrogens (tertiary/aromatic N) is 4. The molecule has 0 spiro atoms. The molecule has 1 atom stereocenters. The first-order valence-electron chi connectivity index (χ1n) is 9.45. The van der Waals surface area contributed by atoms with E-state index in [2.05, 4.69) is 41.3 Å². The summed E-state index contributed by atoms with van der Waals surface area (Å²) in [6, 6.07) is 0.410. The molecule has 0 unspecified atom stereocenters. The van der Waals surface area contributed by atoms with Crippen LogP contribution >= 0.6 is 0 Å². The van der Waals surface area contributed by atoms with Crippen LogP contribution in [-0.4, -0.2) is 64.7 Å². The van der Waals surface area contributed by atoms with Gasteiger partial charge >= 0.3 is 0 Å². The van der Waals surface area contributed by atoms with Gasteiger partial charge in [0.1, 0.15) is 0 Å². The minimum atomic E-state index is -0.130. The Morgan fingerprint density at radius 3 is 2.68 bits per heavy atom. The molecule has 0 aromatic carbocycles. The van der Waals surface area contributed by atoms with E-state index < -0.39 is 0 Å². The van der Waals surface area contributed by atoms with E-state index >= 15 is 0 Å². The second-order valence-electron chi connectivity index (χ2n) is 8.34. The smallest absolute Gasteiger partial charge is 0.273 e. The van der Waals surface area contributed by atoms with Crippen molar-refractivity contribution in [1.82, 2.24) is 25.2 Å². The van der Waals surface area contributed by atoms with Gasteiger partial charge in [0.2, 0.25) is 0 Å². The third-order valence-electron chi connectivity index (χ3n) is 5.11. The quantitative estimate of drug-likeness (QED) is 0.771. The molecule has 140 valence electrons. The SMILES string of the molecule is CC(C)C[C@H](CNC(=O)c1cn(CC2(C)COC2)nn1)N1CCCC1. The fourth-order valence-corrected chi connectivity index (χ4v) is 3.73. The molecule has 7 heteroatoms. The first-order valence-corrected chi connectivity index (χ1v) is 9.45. The number of nitrogens with one attached hydrogen (secondary N) is 1. The van der Waals surface area contributed by atoms with E-state index in [-0.39, 0.29) is 11.3 Å². The highest BCUT2D eigenvalue weighted by Gasteiger charge is 2.34. The van der Waals surface area contributed by atoms with Crippen LogP contribution in [0.4, 0.5) is 0 Å². The Bertz CT molecular complexity index is 576. The Morgan fingerprint density at radius 1 is 1.36 bits per heavy atom. The molecule has 3 rings (SSSR count). The van der Waals surface area contributed by atoms with Gasteiger partial charge in [0.05, 0.1) is 26.0 Å². The fourth-order valence-electron chi connectivity index (χ4n) is 3.73. The van der Waals surface area contributed by atoms with Crippen molar-refractivity contribution < 1.29 is 9.53 Å². The van der Waals surface area contributed by atoms with Gasteiger partial charge in [0.25, 0.3) is 5.91 Å². The summed E-state index contributed by atoms with van der Waals surface area (Å²) < 4.78 is 7.02. The van der Waals surface area contributed by atoms with Crippen LogP contribution in [0.3, 0.4) is 0 Å². The van der Waals surface area contributed by atoms with E-state index in [1.54, 1.807) is 10.9 Å². The molecule has 0 aliphatic carbocycles. The van der Waals surface area contributed by atoms with Crippen molar-refractivity contribution in [1.29, 1.82) is 0 Å². The van der Waals surface area contributed by atoms with Crippen LogP contribution < -0.4 is 5.32 Å². The van der Waals surface area contributed by atoms with Crippen LogP contribution in [0.2, 0.25) is 0 Å². The van der Waals surface area contributed by atoms with Crippen molar-refractivity contribution in [3.63, 3.8) is 0 Å². The Balaban J connectivity index is 1.52. The van der Waals surface area contributed by atoms with Crippen LogP contribution in [0.1, 0.15) is 50.5 Å². The van der Waals surface area contributed by atoms with Gasteiger partial charge < -0.3 is 10.1 Å². The maximum absolute atomic E-state index is 12.4. The van der Waals surface area contributed by atoms with Crippen molar-refractivity contribution in [2.24, 2.45) is 11.3 Å². The second-order valence-corrected chi connectivity index (χ2v) is 8.34. The van der Waals surface area contributed by atoms with Gasteiger partial charge in [0, 0.05) is 18.0 Å². The molecule has 2 saturated heterocycles. The lowest BCUT2D eigenvalue weighted by molar-refractivity contribution is -0.111. The number of ether oxygens (including phenoxy) is 1. The first kappa shape index (κ1) is 18.3. The van der Waals surface area contributed by atoms with Gasteiger partial charge in [-0.2, -0.15) is 0 Å². The molecule has 3 heterocycles. The number of likely N-dealkylation sites (tertiary alicyclic amines) is 1. The average molecular weight is 349 g/mol. The number of carbonyl (C=O) groups is 1. The zero-order chi connectivity index (χ0) is 17.9. The third kappa shape index (κ3) is 4.79. The summed E-state index contributed by atoms with van der Waals surface area (Å²) in [5.41, 5.74) is 0.507. The minimum Gasteiger partial charge on any atom is -0.380 e. The molecule has 0 bridgehead atoms. The Morgan fingerprint density at radius 2 is 2.08 bits per heavy atom. The van der Waals surface area contributed by atoms with Gasteiger partial charge in [-0.15, -0.1) is 5.10 Å². The molecule has 25 heavy (non-hydrogen) atoms. The Hall–Kier alpha value is -1.47. The van der Waals surface area contributed by atoms with Gasteiger partial charge in [-0.1, -0.05) is 26.0 Å². The lowest BCUT2D eigenvalue weighted by Gasteiger charge is -2.37. The van der Waals surface area contributed by atoms with E-state index in [1.807, 2.05) is 0 Å². The summed E-state index contributed by atoms with van der Waals surface area (Å²) in [6.45, 7) is 11.8. The summed E-state index contributed by atoms with van der Waals surface area (Å²) in [5.74, 6) is 0.489. The van der Waals surface area contributed by atoms with Gasteiger partial charge in [0.15, 0.2) is 5.69 Å². The van der Waals surface area contributed by atoms with Crippen LogP contribution in [-0.2, 0) is 11.3 Å². The zero-order valence-corrected chi connectivity index (χ0v) is 15.7. The van der Waals surface area contributed by atoms with E-state index in [0.717, 1.165) is 39.3 Å². The maximum Gasteiger partial charge on any atom is 0.273 e. The predicted molar refractivity (Wildman–Crippen MR) is 95.3 cm³/mol. The topological polar surface area (TPSA) is 72.3 Å². The molecule has 1 amide bonds. The molecule has 1 aromatic heterocycles. The van der Waals surface area contributed by atoms with E-state index in [9.17, 15) is 4.79 Å². The van der Waals surface area contributed by atoms with E-state index in [1.165, 1.54) is 12.8 Å². The predicted octanol–water partition coefficient (Wildman–Crippen LogP) is 1.55. The number of carbonyl (C=O) groups excluding carboxylic acids is 1. The number of amides is 1. The molecule has 2 aliphatic heterocycles. The van der Waals surface area contributed by atoms with Gasteiger partial charge in [-0.25, -0.2) is 0 Å². The van der Waals surface area contributed by atoms with Gasteiger partial charge in [-0.3, -0.25) is 14.4 Å². The van der Waals surface area contributed by atoms with E-state index in [4.69, 9.17) is 4.74 Å². The lowest BCUT2D eigenvalue weighted by atomic mass is 9.89. The molecule has 1 aromatic rings. The van der Waals surface area contributed by atoms with Crippen molar-refractivity contribution in [2.45, 2.75) is 52.6 Å². The van der Waals surface area contributed by atoms with Crippen LogP contribution in [0.15, 0.2) is 6.20 Å². The molecular weight excluding hydrogens is 318 g/mol. The van der Waals surface area contributed by atoms with E-state index in [0.29, 0.717) is 24.2 Å². The highest BCUT2D eigenvalue weighted by atomic mass is 16.5. The highest BCUT2D eigenvalue weighted by Crippen LogP contribution is 2.28. The summed E-state index contributed by atoms with van der Waals surface area (Å²) in [6.07, 6.45) is 5.37. The second kappa shape index (κ2) is 7.83. The zero-order valence-electron chi connectivity index (χ0n) is 15.7.